The van der Waals surface area contributed by atoms with E-state index in [0.717, 1.165) is 5.56 Å². The number of hydrogen-bond acceptors (Lipinski definition) is 1. The second kappa shape index (κ2) is 6.10. The van der Waals surface area contributed by atoms with Gasteiger partial charge in [0, 0.05) is 18.0 Å². The summed E-state index contributed by atoms with van der Waals surface area (Å²) in [6, 6.07) is 7.21. The Morgan fingerprint density at radius 1 is 1.40 bits per heavy atom. The van der Waals surface area contributed by atoms with Gasteiger partial charge in [0.2, 0.25) is 5.91 Å². The van der Waals surface area contributed by atoms with Crippen LogP contribution in [0.3, 0.4) is 0 Å². The van der Waals surface area contributed by atoms with E-state index in [9.17, 15) is 4.79 Å². The van der Waals surface area contributed by atoms with E-state index in [-0.39, 0.29) is 5.91 Å². The lowest BCUT2D eigenvalue weighted by molar-refractivity contribution is -0.120. The van der Waals surface area contributed by atoms with Crippen molar-refractivity contribution in [1.29, 1.82) is 0 Å². The number of rotatable bonds is 4. The van der Waals surface area contributed by atoms with Gasteiger partial charge in [0.25, 0.3) is 0 Å². The van der Waals surface area contributed by atoms with Gasteiger partial charge in [-0.15, -0.1) is 12.3 Å². The molecule has 1 amide bonds. The normalized spacial score (nSPS) is 9.33. The first kappa shape index (κ1) is 11.6. The van der Waals surface area contributed by atoms with Crippen LogP contribution < -0.4 is 5.32 Å². The largest absolute Gasteiger partial charge is 0.355 e. The van der Waals surface area contributed by atoms with Crippen LogP contribution in [0.1, 0.15) is 12.0 Å². The Balaban J connectivity index is 2.38. The molecule has 78 valence electrons. The number of carbonyl (C=O) groups is 1. The molecule has 0 fully saturated rings. The zero-order valence-corrected chi connectivity index (χ0v) is 9.05. The maximum Gasteiger partial charge on any atom is 0.224 e. The van der Waals surface area contributed by atoms with Crippen molar-refractivity contribution in [3.8, 4) is 12.3 Å². The Hall–Kier alpha value is -1.46. The summed E-state index contributed by atoms with van der Waals surface area (Å²) < 4.78 is 0. The first-order chi connectivity index (χ1) is 7.22. The third kappa shape index (κ3) is 4.53. The van der Waals surface area contributed by atoms with Gasteiger partial charge in [0.15, 0.2) is 0 Å². The van der Waals surface area contributed by atoms with Crippen LogP contribution in [0.15, 0.2) is 24.3 Å². The lowest BCUT2D eigenvalue weighted by Crippen LogP contribution is -2.25. The molecule has 1 aromatic carbocycles. The molecule has 1 N–H and O–H groups in total. The highest BCUT2D eigenvalue weighted by molar-refractivity contribution is 6.30. The maximum atomic E-state index is 11.4. The number of benzene rings is 1. The van der Waals surface area contributed by atoms with Gasteiger partial charge in [0.1, 0.15) is 0 Å². The SMILES string of the molecule is C#CCCNC(=O)Cc1ccc(Cl)cc1. The molecule has 0 atom stereocenters. The van der Waals surface area contributed by atoms with Crippen LogP contribution in [0, 0.1) is 12.3 Å². The van der Waals surface area contributed by atoms with Crippen LogP contribution in [0.4, 0.5) is 0 Å². The van der Waals surface area contributed by atoms with Gasteiger partial charge < -0.3 is 5.32 Å². The first-order valence-corrected chi connectivity index (χ1v) is 5.05. The molecule has 0 radical (unpaired) electrons. The summed E-state index contributed by atoms with van der Waals surface area (Å²) in [5.74, 6) is 2.44. The van der Waals surface area contributed by atoms with E-state index in [1.54, 1.807) is 12.1 Å². The summed E-state index contributed by atoms with van der Waals surface area (Å²) in [6.07, 6.45) is 5.99. The minimum absolute atomic E-state index is 0.0208. The third-order valence-electron chi connectivity index (χ3n) is 1.87. The van der Waals surface area contributed by atoms with Crippen LogP contribution in [-0.4, -0.2) is 12.5 Å². The molecule has 3 heteroatoms. The Bertz CT molecular complexity index is 364. The summed E-state index contributed by atoms with van der Waals surface area (Å²) in [5.41, 5.74) is 0.942. The summed E-state index contributed by atoms with van der Waals surface area (Å²) in [7, 11) is 0. The van der Waals surface area contributed by atoms with Crippen LogP contribution >= 0.6 is 11.6 Å². The smallest absolute Gasteiger partial charge is 0.224 e. The summed E-state index contributed by atoms with van der Waals surface area (Å²) in [4.78, 5) is 11.4. The molecule has 15 heavy (non-hydrogen) atoms. The lowest BCUT2D eigenvalue weighted by atomic mass is 10.1. The molecule has 1 rings (SSSR count). The molecule has 0 aliphatic heterocycles. The minimum atomic E-state index is -0.0208. The molecule has 1 aromatic rings. The molecule has 0 heterocycles. The molecular formula is C12H12ClNO. The molecule has 0 saturated carbocycles. The van der Waals surface area contributed by atoms with Crippen molar-refractivity contribution in [1.82, 2.24) is 5.32 Å². The minimum Gasteiger partial charge on any atom is -0.355 e. The predicted octanol–water partition coefficient (Wildman–Crippen LogP) is 2.02. The molecule has 0 aliphatic rings. The van der Waals surface area contributed by atoms with Crippen molar-refractivity contribution >= 4 is 17.5 Å². The summed E-state index contributed by atoms with van der Waals surface area (Å²) in [5, 5.41) is 3.40. The van der Waals surface area contributed by atoms with E-state index in [1.165, 1.54) is 0 Å². The van der Waals surface area contributed by atoms with Crippen molar-refractivity contribution in [3.05, 3.63) is 34.9 Å². The van der Waals surface area contributed by atoms with Crippen LogP contribution in [0.2, 0.25) is 5.02 Å². The molecule has 0 unspecified atom stereocenters. The fourth-order valence-electron chi connectivity index (χ4n) is 1.12. The monoisotopic (exact) mass is 221 g/mol. The van der Waals surface area contributed by atoms with Gasteiger partial charge in [-0.2, -0.15) is 0 Å². The van der Waals surface area contributed by atoms with Crippen LogP contribution in [0.5, 0.6) is 0 Å². The average molecular weight is 222 g/mol. The number of nitrogens with one attached hydrogen (secondary N) is 1. The Labute approximate surface area is 94.6 Å². The zero-order chi connectivity index (χ0) is 11.1. The van der Waals surface area contributed by atoms with Crippen molar-refractivity contribution < 1.29 is 4.79 Å². The van der Waals surface area contributed by atoms with Gasteiger partial charge in [-0.25, -0.2) is 0 Å². The highest BCUT2D eigenvalue weighted by atomic mass is 35.5. The zero-order valence-electron chi connectivity index (χ0n) is 8.29. The van der Waals surface area contributed by atoms with E-state index in [4.69, 9.17) is 18.0 Å². The summed E-state index contributed by atoms with van der Waals surface area (Å²) in [6.45, 7) is 0.531. The standard InChI is InChI=1S/C12H12ClNO/c1-2-3-8-14-12(15)9-10-4-6-11(13)7-5-10/h1,4-7H,3,8-9H2,(H,14,15). The number of hydrogen-bond donors (Lipinski definition) is 1. The second-order valence-electron chi connectivity index (χ2n) is 3.11. The Kier molecular flexibility index (Phi) is 4.73. The highest BCUT2D eigenvalue weighted by Crippen LogP contribution is 2.09. The molecule has 2 nitrogen and oxygen atoms in total. The third-order valence-corrected chi connectivity index (χ3v) is 2.12. The Morgan fingerprint density at radius 3 is 2.67 bits per heavy atom. The van der Waals surface area contributed by atoms with Gasteiger partial charge in [0.05, 0.1) is 6.42 Å². The lowest BCUT2D eigenvalue weighted by Gasteiger charge is -2.03. The van der Waals surface area contributed by atoms with E-state index in [1.807, 2.05) is 12.1 Å². The topological polar surface area (TPSA) is 29.1 Å². The fourth-order valence-corrected chi connectivity index (χ4v) is 1.25. The van der Waals surface area contributed by atoms with Crippen molar-refractivity contribution in [2.45, 2.75) is 12.8 Å². The quantitative estimate of drug-likeness (QED) is 0.612. The van der Waals surface area contributed by atoms with E-state index < -0.39 is 0 Å². The average Bonchev–Trinajstić information content (AvgIpc) is 2.22. The maximum absolute atomic E-state index is 11.4. The number of terminal acetylenes is 1. The van der Waals surface area contributed by atoms with Crippen molar-refractivity contribution in [2.24, 2.45) is 0 Å². The molecule has 0 aromatic heterocycles. The van der Waals surface area contributed by atoms with Crippen molar-refractivity contribution in [2.75, 3.05) is 6.54 Å². The number of carbonyl (C=O) groups excluding carboxylic acids is 1. The highest BCUT2D eigenvalue weighted by Gasteiger charge is 2.01. The molecule has 0 bridgehead atoms. The fraction of sp³-hybridized carbons (Fsp3) is 0.250. The second-order valence-corrected chi connectivity index (χ2v) is 3.54. The molecule has 0 spiro atoms. The Morgan fingerprint density at radius 2 is 2.07 bits per heavy atom. The molecule has 0 saturated heterocycles. The van der Waals surface area contributed by atoms with Gasteiger partial charge in [-0.05, 0) is 17.7 Å². The van der Waals surface area contributed by atoms with Gasteiger partial charge in [-0.1, -0.05) is 23.7 Å². The van der Waals surface area contributed by atoms with Crippen LogP contribution in [0.25, 0.3) is 0 Å². The number of halogens is 1. The molecule has 0 aliphatic carbocycles. The van der Waals surface area contributed by atoms with E-state index in [2.05, 4.69) is 11.2 Å². The van der Waals surface area contributed by atoms with E-state index in [0.29, 0.717) is 24.4 Å². The van der Waals surface area contributed by atoms with Crippen LogP contribution in [-0.2, 0) is 11.2 Å². The van der Waals surface area contributed by atoms with Gasteiger partial charge >= 0.3 is 0 Å². The van der Waals surface area contributed by atoms with Crippen molar-refractivity contribution in [3.63, 3.8) is 0 Å². The first-order valence-electron chi connectivity index (χ1n) is 4.67. The number of amides is 1. The summed E-state index contributed by atoms with van der Waals surface area (Å²) >= 11 is 5.73. The molecular weight excluding hydrogens is 210 g/mol. The van der Waals surface area contributed by atoms with E-state index >= 15 is 0 Å². The predicted molar refractivity (Wildman–Crippen MR) is 61.6 cm³/mol. The van der Waals surface area contributed by atoms with Gasteiger partial charge in [-0.3, -0.25) is 4.79 Å².